The topological polar surface area (TPSA) is 6.48 Å². The van der Waals surface area contributed by atoms with Crippen LogP contribution < -0.4 is 4.90 Å². The zero-order chi connectivity index (χ0) is 11.4. The molecule has 0 amide bonds. The highest BCUT2D eigenvalue weighted by molar-refractivity contribution is 14.2. The molecule has 88 valence electrons. The van der Waals surface area contributed by atoms with Gasteiger partial charge in [0.15, 0.2) is 0 Å². The SMILES string of the molecule is Fc1ccc(N2CCCN(SI)CC2)cc1. The monoisotopic (exact) mass is 352 g/mol. The molecule has 0 saturated carbocycles. The first-order chi connectivity index (χ1) is 7.79. The summed E-state index contributed by atoms with van der Waals surface area (Å²) in [7, 11) is 1.78. The Labute approximate surface area is 112 Å². The van der Waals surface area contributed by atoms with E-state index < -0.39 is 0 Å². The predicted octanol–water partition coefficient (Wildman–Crippen LogP) is 3.34. The molecular formula is C11H14FIN2S. The van der Waals surface area contributed by atoms with E-state index in [1.54, 1.807) is 9.12 Å². The Morgan fingerprint density at radius 1 is 1.06 bits per heavy atom. The van der Waals surface area contributed by atoms with Crippen LogP contribution in [-0.2, 0) is 0 Å². The van der Waals surface area contributed by atoms with E-state index in [2.05, 4.69) is 30.4 Å². The maximum Gasteiger partial charge on any atom is 0.123 e. The Morgan fingerprint density at radius 3 is 2.50 bits per heavy atom. The summed E-state index contributed by atoms with van der Waals surface area (Å²) in [6.07, 6.45) is 1.16. The first kappa shape index (κ1) is 12.4. The summed E-state index contributed by atoms with van der Waals surface area (Å²) in [5.41, 5.74) is 1.13. The summed E-state index contributed by atoms with van der Waals surface area (Å²) in [5, 5.41) is 0. The smallest absolute Gasteiger partial charge is 0.123 e. The summed E-state index contributed by atoms with van der Waals surface area (Å²) in [6.45, 7) is 4.26. The Balaban J connectivity index is 2.02. The lowest BCUT2D eigenvalue weighted by Gasteiger charge is -2.22. The fraction of sp³-hybridized carbons (Fsp3) is 0.455. The van der Waals surface area contributed by atoms with Gasteiger partial charge in [0.25, 0.3) is 0 Å². The van der Waals surface area contributed by atoms with E-state index in [4.69, 9.17) is 0 Å². The Kier molecular flexibility index (Phi) is 4.72. The van der Waals surface area contributed by atoms with Crippen LogP contribution in [0.2, 0.25) is 0 Å². The third kappa shape index (κ3) is 3.24. The Bertz CT molecular complexity index is 333. The molecule has 0 N–H and O–H groups in total. The molecule has 16 heavy (non-hydrogen) atoms. The molecule has 1 aromatic rings. The van der Waals surface area contributed by atoms with Crippen molar-refractivity contribution in [3.63, 3.8) is 0 Å². The van der Waals surface area contributed by atoms with Crippen molar-refractivity contribution in [3.05, 3.63) is 30.1 Å². The zero-order valence-corrected chi connectivity index (χ0v) is 11.9. The Hall–Kier alpha value is -0.0100. The van der Waals surface area contributed by atoms with Gasteiger partial charge in [-0.3, -0.25) is 0 Å². The number of halogens is 2. The first-order valence-corrected chi connectivity index (χ1v) is 8.65. The van der Waals surface area contributed by atoms with Gasteiger partial charge >= 0.3 is 0 Å². The summed E-state index contributed by atoms with van der Waals surface area (Å²) in [5.74, 6) is -0.164. The standard InChI is InChI=1S/C11H14FIN2S/c12-10-2-4-11(5-3-10)14-6-1-7-15(16-13)9-8-14/h2-5H,1,6-9H2. The molecule has 0 radical (unpaired) electrons. The summed E-state index contributed by atoms with van der Waals surface area (Å²) in [6, 6.07) is 6.79. The molecule has 0 spiro atoms. The van der Waals surface area contributed by atoms with Gasteiger partial charge < -0.3 is 4.90 Å². The van der Waals surface area contributed by atoms with Crippen molar-refractivity contribution in [2.75, 3.05) is 31.1 Å². The fourth-order valence-electron chi connectivity index (χ4n) is 1.87. The van der Waals surface area contributed by atoms with Crippen molar-refractivity contribution in [1.82, 2.24) is 4.31 Å². The molecule has 2 rings (SSSR count). The van der Waals surface area contributed by atoms with Gasteiger partial charge in [-0.05, 0) is 39.8 Å². The van der Waals surface area contributed by atoms with E-state index in [0.29, 0.717) is 0 Å². The van der Waals surface area contributed by atoms with Crippen LogP contribution in [0, 0.1) is 5.82 Å². The molecule has 1 heterocycles. The van der Waals surface area contributed by atoms with Crippen molar-refractivity contribution in [2.45, 2.75) is 6.42 Å². The number of benzene rings is 1. The largest absolute Gasteiger partial charge is 0.370 e. The molecule has 1 fully saturated rings. The number of rotatable bonds is 2. The second-order valence-electron chi connectivity index (χ2n) is 3.82. The highest BCUT2D eigenvalue weighted by Crippen LogP contribution is 2.22. The van der Waals surface area contributed by atoms with Crippen molar-refractivity contribution in [3.8, 4) is 0 Å². The molecule has 5 heteroatoms. The maximum atomic E-state index is 12.8. The fourth-order valence-corrected chi connectivity index (χ4v) is 3.40. The van der Waals surface area contributed by atoms with Crippen LogP contribution in [0.5, 0.6) is 0 Å². The molecule has 1 saturated heterocycles. The van der Waals surface area contributed by atoms with Crippen LogP contribution in [0.15, 0.2) is 24.3 Å². The number of nitrogens with zero attached hydrogens (tertiary/aromatic N) is 2. The van der Waals surface area contributed by atoms with Crippen molar-refractivity contribution in [2.24, 2.45) is 0 Å². The molecule has 0 unspecified atom stereocenters. The van der Waals surface area contributed by atoms with Crippen LogP contribution in [-0.4, -0.2) is 30.5 Å². The first-order valence-electron chi connectivity index (χ1n) is 5.34. The molecule has 0 atom stereocenters. The maximum absolute atomic E-state index is 12.8. The van der Waals surface area contributed by atoms with Gasteiger partial charge in [-0.2, -0.15) is 0 Å². The number of hydrogen-bond donors (Lipinski definition) is 0. The summed E-state index contributed by atoms with van der Waals surface area (Å²) in [4.78, 5) is 2.33. The minimum absolute atomic E-state index is 0.164. The highest BCUT2D eigenvalue weighted by Gasteiger charge is 2.14. The van der Waals surface area contributed by atoms with E-state index >= 15 is 0 Å². The van der Waals surface area contributed by atoms with E-state index in [0.717, 1.165) is 38.3 Å². The normalized spacial score (nSPS) is 18.5. The molecule has 1 aliphatic rings. The lowest BCUT2D eigenvalue weighted by molar-refractivity contribution is 0.510. The van der Waals surface area contributed by atoms with Gasteiger partial charge in [0.1, 0.15) is 5.82 Å². The van der Waals surface area contributed by atoms with Crippen LogP contribution in [0.1, 0.15) is 6.42 Å². The highest BCUT2D eigenvalue weighted by atomic mass is 127. The average Bonchev–Trinajstić information content (AvgIpc) is 2.55. The van der Waals surface area contributed by atoms with Crippen LogP contribution >= 0.6 is 30.3 Å². The van der Waals surface area contributed by atoms with Crippen molar-refractivity contribution < 1.29 is 4.39 Å². The second-order valence-corrected chi connectivity index (χ2v) is 5.65. The van der Waals surface area contributed by atoms with E-state index in [9.17, 15) is 4.39 Å². The molecular weight excluding hydrogens is 338 g/mol. The van der Waals surface area contributed by atoms with Crippen molar-refractivity contribution >= 4 is 36.0 Å². The van der Waals surface area contributed by atoms with Gasteiger partial charge in [0, 0.05) is 53.1 Å². The summed E-state index contributed by atoms with van der Waals surface area (Å²) < 4.78 is 15.2. The molecule has 0 aromatic heterocycles. The lowest BCUT2D eigenvalue weighted by Crippen LogP contribution is -2.27. The average molecular weight is 352 g/mol. The molecule has 0 aliphatic carbocycles. The van der Waals surface area contributed by atoms with E-state index in [1.807, 2.05) is 12.1 Å². The van der Waals surface area contributed by atoms with E-state index in [-0.39, 0.29) is 5.82 Å². The Morgan fingerprint density at radius 2 is 1.81 bits per heavy atom. The van der Waals surface area contributed by atoms with Gasteiger partial charge in [-0.15, -0.1) is 0 Å². The summed E-state index contributed by atoms with van der Waals surface area (Å²) >= 11 is 2.32. The molecule has 2 nitrogen and oxygen atoms in total. The van der Waals surface area contributed by atoms with Gasteiger partial charge in [-0.25, -0.2) is 8.70 Å². The molecule has 1 aliphatic heterocycles. The third-order valence-corrected chi connectivity index (χ3v) is 4.98. The van der Waals surface area contributed by atoms with Gasteiger partial charge in [-0.1, -0.05) is 0 Å². The minimum Gasteiger partial charge on any atom is -0.370 e. The van der Waals surface area contributed by atoms with Crippen LogP contribution in [0.3, 0.4) is 0 Å². The number of anilines is 1. The quantitative estimate of drug-likeness (QED) is 0.596. The predicted molar refractivity (Wildman–Crippen MR) is 76.4 cm³/mol. The molecule has 1 aromatic carbocycles. The molecule has 0 bridgehead atoms. The zero-order valence-electron chi connectivity index (χ0n) is 8.90. The van der Waals surface area contributed by atoms with Crippen LogP contribution in [0.25, 0.3) is 0 Å². The van der Waals surface area contributed by atoms with Crippen molar-refractivity contribution in [1.29, 1.82) is 0 Å². The lowest BCUT2D eigenvalue weighted by atomic mass is 10.2. The minimum atomic E-state index is -0.164. The van der Waals surface area contributed by atoms with Gasteiger partial charge in [0.05, 0.1) is 0 Å². The van der Waals surface area contributed by atoms with E-state index in [1.165, 1.54) is 12.1 Å². The second kappa shape index (κ2) is 6.07. The number of hydrogen-bond acceptors (Lipinski definition) is 3. The third-order valence-electron chi connectivity index (χ3n) is 2.74. The van der Waals surface area contributed by atoms with Gasteiger partial charge in [0.2, 0.25) is 0 Å². The van der Waals surface area contributed by atoms with Crippen LogP contribution in [0.4, 0.5) is 10.1 Å².